The molecule has 3 aromatic rings. The zero-order valence-electron chi connectivity index (χ0n) is 12.3. The van der Waals surface area contributed by atoms with E-state index in [0.29, 0.717) is 10.8 Å². The Hall–Kier alpha value is -2.52. The minimum Gasteiger partial charge on any atom is -0.308 e. The van der Waals surface area contributed by atoms with Crippen molar-refractivity contribution in [2.45, 2.75) is 10.1 Å². The number of hydrogen-bond acceptors (Lipinski definition) is 6. The van der Waals surface area contributed by atoms with Gasteiger partial charge < -0.3 is 5.32 Å². The molecule has 0 atom stereocenters. The third-order valence-electron chi connectivity index (χ3n) is 2.81. The first-order chi connectivity index (χ1) is 11.7. The molecule has 2 amide bonds. The first kappa shape index (κ1) is 16.3. The number of aromatic nitrogens is 3. The molecule has 1 aromatic carbocycles. The lowest BCUT2D eigenvalue weighted by Crippen LogP contribution is -2.19. The molecule has 0 fully saturated rings. The number of urea groups is 1. The molecule has 0 spiro atoms. The summed E-state index contributed by atoms with van der Waals surface area (Å²) >= 11 is 2.80. The number of carbonyl (C=O) groups excluding carboxylic acids is 1. The van der Waals surface area contributed by atoms with Gasteiger partial charge in [-0.3, -0.25) is 10.3 Å². The van der Waals surface area contributed by atoms with Crippen molar-refractivity contribution >= 4 is 39.9 Å². The van der Waals surface area contributed by atoms with Gasteiger partial charge in [-0.1, -0.05) is 29.2 Å². The van der Waals surface area contributed by atoms with Crippen LogP contribution in [-0.4, -0.2) is 21.2 Å². The van der Waals surface area contributed by atoms with Gasteiger partial charge in [0.1, 0.15) is 5.82 Å². The summed E-state index contributed by atoms with van der Waals surface area (Å²) in [5.41, 5.74) is 1.57. The molecule has 0 unspecified atom stereocenters. The average molecular weight is 361 g/mol. The number of anilines is 2. The van der Waals surface area contributed by atoms with Crippen LogP contribution in [0.3, 0.4) is 0 Å². The van der Waals surface area contributed by atoms with Crippen molar-refractivity contribution in [3.05, 3.63) is 60.2 Å². The molecule has 6 nitrogen and oxygen atoms in total. The number of rotatable bonds is 5. The Morgan fingerprint density at radius 1 is 1.17 bits per heavy atom. The first-order valence-electron chi connectivity index (χ1n) is 6.88. The summed E-state index contributed by atoms with van der Waals surface area (Å²) < 4.78 is 13.6. The van der Waals surface area contributed by atoms with E-state index in [-0.39, 0.29) is 5.82 Å². The van der Waals surface area contributed by atoms with Gasteiger partial charge >= 0.3 is 6.03 Å². The SMILES string of the molecule is O=C(Nc1ccc(F)cc1)Nc1nnc(SCc2cccnc2)s1. The van der Waals surface area contributed by atoms with Crippen LogP contribution in [0.5, 0.6) is 0 Å². The van der Waals surface area contributed by atoms with Crippen LogP contribution in [0.2, 0.25) is 0 Å². The molecule has 0 bridgehead atoms. The summed E-state index contributed by atoms with van der Waals surface area (Å²) in [5.74, 6) is 0.366. The summed E-state index contributed by atoms with van der Waals surface area (Å²) in [6.07, 6.45) is 3.52. The molecule has 0 saturated heterocycles. The number of nitrogens with zero attached hydrogens (tertiary/aromatic N) is 3. The van der Waals surface area contributed by atoms with Crippen LogP contribution >= 0.6 is 23.1 Å². The zero-order valence-corrected chi connectivity index (χ0v) is 13.9. The van der Waals surface area contributed by atoms with Gasteiger partial charge in [0.05, 0.1) is 0 Å². The lowest BCUT2D eigenvalue weighted by Gasteiger charge is -2.04. The van der Waals surface area contributed by atoms with Gasteiger partial charge in [-0.15, -0.1) is 10.2 Å². The van der Waals surface area contributed by atoms with Crippen LogP contribution in [0.4, 0.5) is 20.0 Å². The Bertz CT molecular complexity index is 810. The van der Waals surface area contributed by atoms with E-state index < -0.39 is 6.03 Å². The van der Waals surface area contributed by atoms with Gasteiger partial charge in [-0.25, -0.2) is 9.18 Å². The standard InChI is InChI=1S/C15H12FN5OS2/c16-11-3-5-12(6-4-11)18-13(22)19-14-20-21-15(24-14)23-9-10-2-1-7-17-8-10/h1-8H,9H2,(H2,18,19,20,22). The molecule has 0 aliphatic rings. The quantitative estimate of drug-likeness (QED) is 0.530. The van der Waals surface area contributed by atoms with Crippen LogP contribution in [0.15, 0.2) is 53.1 Å². The molecule has 24 heavy (non-hydrogen) atoms. The lowest BCUT2D eigenvalue weighted by molar-refractivity contribution is 0.262. The fourth-order valence-corrected chi connectivity index (χ4v) is 3.42. The van der Waals surface area contributed by atoms with Gasteiger partial charge in [-0.05, 0) is 35.9 Å². The zero-order chi connectivity index (χ0) is 16.8. The maximum absolute atomic E-state index is 12.8. The summed E-state index contributed by atoms with van der Waals surface area (Å²) in [4.78, 5) is 15.9. The number of benzene rings is 1. The number of nitrogens with one attached hydrogen (secondary N) is 2. The van der Waals surface area contributed by atoms with Gasteiger partial charge in [-0.2, -0.15) is 0 Å². The van der Waals surface area contributed by atoms with Crippen LogP contribution < -0.4 is 10.6 Å². The van der Waals surface area contributed by atoms with Crippen molar-refractivity contribution in [2.75, 3.05) is 10.6 Å². The highest BCUT2D eigenvalue weighted by Gasteiger charge is 2.09. The molecule has 3 rings (SSSR count). The Labute approximate surface area is 145 Å². The lowest BCUT2D eigenvalue weighted by atomic mass is 10.3. The second kappa shape index (κ2) is 7.84. The number of pyridine rings is 1. The topological polar surface area (TPSA) is 79.8 Å². The molecule has 2 N–H and O–H groups in total. The van der Waals surface area contributed by atoms with Gasteiger partial charge in [0.15, 0.2) is 4.34 Å². The highest BCUT2D eigenvalue weighted by Crippen LogP contribution is 2.28. The highest BCUT2D eigenvalue weighted by molar-refractivity contribution is 8.00. The van der Waals surface area contributed by atoms with E-state index >= 15 is 0 Å². The van der Waals surface area contributed by atoms with E-state index in [2.05, 4.69) is 25.8 Å². The fourth-order valence-electron chi connectivity index (χ4n) is 1.74. The van der Waals surface area contributed by atoms with Crippen molar-refractivity contribution in [3.8, 4) is 0 Å². The summed E-state index contributed by atoms with van der Waals surface area (Å²) in [5, 5.41) is 13.5. The number of halogens is 1. The predicted molar refractivity (Wildman–Crippen MR) is 92.7 cm³/mol. The first-order valence-corrected chi connectivity index (χ1v) is 8.68. The normalized spacial score (nSPS) is 10.4. The Morgan fingerprint density at radius 3 is 2.75 bits per heavy atom. The van der Waals surface area contributed by atoms with Crippen molar-refractivity contribution in [2.24, 2.45) is 0 Å². The third-order valence-corrected chi connectivity index (χ3v) is 4.86. The minimum absolute atomic E-state index is 0.361. The second-order valence-corrected chi connectivity index (χ2v) is 6.81. The molecule has 2 heterocycles. The Morgan fingerprint density at radius 2 is 2.00 bits per heavy atom. The molecule has 0 aliphatic carbocycles. The number of hydrogen-bond donors (Lipinski definition) is 2. The average Bonchev–Trinajstić information content (AvgIpc) is 3.03. The maximum Gasteiger partial charge on any atom is 0.325 e. The molecular weight excluding hydrogens is 349 g/mol. The van der Waals surface area contributed by atoms with Gasteiger partial charge in [0.25, 0.3) is 0 Å². The molecule has 2 aromatic heterocycles. The monoisotopic (exact) mass is 361 g/mol. The molecule has 122 valence electrons. The van der Waals surface area contributed by atoms with Crippen LogP contribution in [0.1, 0.15) is 5.56 Å². The van der Waals surface area contributed by atoms with Gasteiger partial charge in [0, 0.05) is 23.8 Å². The smallest absolute Gasteiger partial charge is 0.308 e. The number of thioether (sulfide) groups is 1. The van der Waals surface area contributed by atoms with E-state index in [0.717, 1.165) is 15.7 Å². The van der Waals surface area contributed by atoms with Crippen molar-refractivity contribution in [1.29, 1.82) is 0 Å². The maximum atomic E-state index is 12.8. The van der Waals surface area contributed by atoms with Crippen LogP contribution in [0, 0.1) is 5.82 Å². The van der Waals surface area contributed by atoms with Crippen molar-refractivity contribution < 1.29 is 9.18 Å². The molecule has 9 heteroatoms. The number of carbonyl (C=O) groups is 1. The van der Waals surface area contributed by atoms with Crippen molar-refractivity contribution in [1.82, 2.24) is 15.2 Å². The van der Waals surface area contributed by atoms with E-state index in [1.807, 2.05) is 12.1 Å². The molecule has 0 aliphatic heterocycles. The predicted octanol–water partition coefficient (Wildman–Crippen LogP) is 4.01. The Balaban J connectivity index is 1.51. The largest absolute Gasteiger partial charge is 0.325 e. The minimum atomic E-state index is -0.457. The summed E-state index contributed by atoms with van der Waals surface area (Å²) in [7, 11) is 0. The van der Waals surface area contributed by atoms with Crippen LogP contribution in [0.25, 0.3) is 0 Å². The van der Waals surface area contributed by atoms with E-state index in [1.165, 1.54) is 47.4 Å². The second-order valence-electron chi connectivity index (χ2n) is 4.61. The summed E-state index contributed by atoms with van der Waals surface area (Å²) in [6, 6.07) is 8.90. The van der Waals surface area contributed by atoms with E-state index in [1.54, 1.807) is 12.4 Å². The number of amides is 2. The molecular formula is C15H12FN5OS2. The third kappa shape index (κ3) is 4.74. The van der Waals surface area contributed by atoms with E-state index in [4.69, 9.17) is 0 Å². The summed E-state index contributed by atoms with van der Waals surface area (Å²) in [6.45, 7) is 0. The van der Waals surface area contributed by atoms with Crippen LogP contribution in [-0.2, 0) is 5.75 Å². The highest BCUT2D eigenvalue weighted by atomic mass is 32.2. The molecule has 0 radical (unpaired) electrons. The fraction of sp³-hybridized carbons (Fsp3) is 0.0667. The van der Waals surface area contributed by atoms with Crippen molar-refractivity contribution in [3.63, 3.8) is 0 Å². The Kier molecular flexibility index (Phi) is 5.34. The van der Waals surface area contributed by atoms with Gasteiger partial charge in [0.2, 0.25) is 5.13 Å². The molecule has 0 saturated carbocycles. The van der Waals surface area contributed by atoms with E-state index in [9.17, 15) is 9.18 Å².